The normalized spacial score (nSPS) is 16.4. The van der Waals surface area contributed by atoms with Crippen molar-refractivity contribution in [3.05, 3.63) is 35.9 Å². The zero-order valence-corrected chi connectivity index (χ0v) is 12.0. The second-order valence-corrected chi connectivity index (χ2v) is 5.45. The smallest absolute Gasteiger partial charge is 0.320 e. The molecule has 0 aliphatic carbocycles. The second-order valence-electron chi connectivity index (χ2n) is 5.45. The lowest BCUT2D eigenvalue weighted by atomic mass is 9.99. The van der Waals surface area contributed by atoms with Gasteiger partial charge in [0.1, 0.15) is 0 Å². The number of rotatable bonds is 3. The lowest BCUT2D eigenvalue weighted by Crippen LogP contribution is -2.46. The molecule has 0 radical (unpaired) electrons. The molecule has 1 aromatic carbocycles. The van der Waals surface area contributed by atoms with Crippen LogP contribution in [0.5, 0.6) is 0 Å². The Labute approximate surface area is 116 Å². The van der Waals surface area contributed by atoms with Gasteiger partial charge in [-0.1, -0.05) is 37.3 Å². The molecule has 3 heteroatoms. The van der Waals surface area contributed by atoms with Gasteiger partial charge in [0.2, 0.25) is 0 Å². The first-order valence-electron chi connectivity index (χ1n) is 7.28. The van der Waals surface area contributed by atoms with Gasteiger partial charge in [-0.15, -0.1) is 0 Å². The standard InChI is InChI=1S/C16H24N2O/c1-3-17(13-15-7-5-4-6-8-15)16(19)18-11-9-14(2)10-12-18/h4-8,14H,3,9-13H2,1-2H3. The number of nitrogens with zero attached hydrogens (tertiary/aromatic N) is 2. The Kier molecular flexibility index (Phi) is 4.83. The molecule has 0 spiro atoms. The van der Waals surface area contributed by atoms with E-state index in [0.717, 1.165) is 38.4 Å². The van der Waals surface area contributed by atoms with E-state index in [1.54, 1.807) is 0 Å². The number of amides is 2. The maximum absolute atomic E-state index is 12.5. The van der Waals surface area contributed by atoms with Crippen molar-refractivity contribution in [3.8, 4) is 0 Å². The van der Waals surface area contributed by atoms with Crippen molar-refractivity contribution in [1.29, 1.82) is 0 Å². The van der Waals surface area contributed by atoms with Crippen LogP contribution in [0, 0.1) is 5.92 Å². The summed E-state index contributed by atoms with van der Waals surface area (Å²) in [5.74, 6) is 0.758. The predicted molar refractivity (Wildman–Crippen MR) is 77.9 cm³/mol. The highest BCUT2D eigenvalue weighted by atomic mass is 16.2. The quantitative estimate of drug-likeness (QED) is 0.817. The van der Waals surface area contributed by atoms with Crippen molar-refractivity contribution >= 4 is 6.03 Å². The molecular weight excluding hydrogens is 236 g/mol. The molecule has 1 aliphatic heterocycles. The van der Waals surface area contributed by atoms with E-state index in [-0.39, 0.29) is 6.03 Å². The Morgan fingerprint density at radius 3 is 2.47 bits per heavy atom. The third-order valence-corrected chi connectivity index (χ3v) is 3.92. The molecule has 3 nitrogen and oxygen atoms in total. The molecular formula is C16H24N2O. The Balaban J connectivity index is 1.95. The zero-order valence-electron chi connectivity index (χ0n) is 12.0. The molecule has 2 amide bonds. The number of carbonyl (C=O) groups is 1. The minimum Gasteiger partial charge on any atom is -0.325 e. The molecule has 1 saturated heterocycles. The van der Waals surface area contributed by atoms with Crippen molar-refractivity contribution in [3.63, 3.8) is 0 Å². The first-order valence-corrected chi connectivity index (χ1v) is 7.28. The molecule has 2 rings (SSSR count). The van der Waals surface area contributed by atoms with E-state index in [9.17, 15) is 4.79 Å². The first kappa shape index (κ1) is 13.9. The molecule has 1 heterocycles. The van der Waals surface area contributed by atoms with Gasteiger partial charge < -0.3 is 9.80 Å². The molecule has 19 heavy (non-hydrogen) atoms. The minimum atomic E-state index is 0.193. The highest BCUT2D eigenvalue weighted by Gasteiger charge is 2.23. The monoisotopic (exact) mass is 260 g/mol. The van der Waals surface area contributed by atoms with Crippen LogP contribution < -0.4 is 0 Å². The predicted octanol–water partition coefficient (Wildman–Crippen LogP) is 3.36. The maximum atomic E-state index is 12.5. The Morgan fingerprint density at radius 1 is 1.26 bits per heavy atom. The average Bonchev–Trinajstić information content (AvgIpc) is 2.46. The molecule has 104 valence electrons. The summed E-state index contributed by atoms with van der Waals surface area (Å²) in [6, 6.07) is 10.4. The average molecular weight is 260 g/mol. The fourth-order valence-corrected chi connectivity index (χ4v) is 2.52. The molecule has 0 atom stereocenters. The van der Waals surface area contributed by atoms with E-state index in [0.29, 0.717) is 6.54 Å². The van der Waals surface area contributed by atoms with Crippen LogP contribution in [0.25, 0.3) is 0 Å². The molecule has 1 aromatic rings. The van der Waals surface area contributed by atoms with E-state index in [4.69, 9.17) is 0 Å². The van der Waals surface area contributed by atoms with Crippen molar-refractivity contribution in [2.45, 2.75) is 33.2 Å². The topological polar surface area (TPSA) is 23.6 Å². The SMILES string of the molecule is CCN(Cc1ccccc1)C(=O)N1CCC(C)CC1. The molecule has 0 aromatic heterocycles. The van der Waals surface area contributed by atoms with E-state index < -0.39 is 0 Å². The van der Waals surface area contributed by atoms with Crippen LogP contribution >= 0.6 is 0 Å². The Bertz CT molecular complexity index is 396. The molecule has 0 saturated carbocycles. The van der Waals surface area contributed by atoms with E-state index >= 15 is 0 Å². The summed E-state index contributed by atoms with van der Waals surface area (Å²) in [6.07, 6.45) is 2.27. The molecule has 0 bridgehead atoms. The first-order chi connectivity index (χ1) is 9.20. The zero-order chi connectivity index (χ0) is 13.7. The summed E-state index contributed by atoms with van der Waals surface area (Å²) in [6.45, 7) is 7.61. The Morgan fingerprint density at radius 2 is 1.89 bits per heavy atom. The number of benzene rings is 1. The highest BCUT2D eigenvalue weighted by molar-refractivity contribution is 5.74. The molecule has 0 N–H and O–H groups in total. The van der Waals surface area contributed by atoms with Gasteiger partial charge in [0.15, 0.2) is 0 Å². The van der Waals surface area contributed by atoms with Crippen LogP contribution in [0.15, 0.2) is 30.3 Å². The summed E-state index contributed by atoms with van der Waals surface area (Å²) in [5, 5.41) is 0. The molecule has 1 aliphatic rings. The van der Waals surface area contributed by atoms with Crippen molar-refractivity contribution in [2.24, 2.45) is 5.92 Å². The Hall–Kier alpha value is -1.51. The third-order valence-electron chi connectivity index (χ3n) is 3.92. The molecule has 1 fully saturated rings. The van der Waals surface area contributed by atoms with Gasteiger partial charge in [0, 0.05) is 26.2 Å². The fraction of sp³-hybridized carbons (Fsp3) is 0.562. The summed E-state index contributed by atoms with van der Waals surface area (Å²) in [5.41, 5.74) is 1.20. The number of urea groups is 1. The summed E-state index contributed by atoms with van der Waals surface area (Å²) < 4.78 is 0. The lowest BCUT2D eigenvalue weighted by molar-refractivity contribution is 0.134. The van der Waals surface area contributed by atoms with Crippen LogP contribution in [0.1, 0.15) is 32.3 Å². The number of carbonyl (C=O) groups excluding carboxylic acids is 1. The minimum absolute atomic E-state index is 0.193. The number of likely N-dealkylation sites (tertiary alicyclic amines) is 1. The molecule has 0 unspecified atom stereocenters. The van der Waals surface area contributed by atoms with Gasteiger partial charge in [-0.25, -0.2) is 4.79 Å². The number of piperidine rings is 1. The summed E-state index contributed by atoms with van der Waals surface area (Å²) in [4.78, 5) is 16.4. The summed E-state index contributed by atoms with van der Waals surface area (Å²) in [7, 11) is 0. The van der Waals surface area contributed by atoms with Crippen LogP contribution in [-0.2, 0) is 6.54 Å². The third kappa shape index (κ3) is 3.72. The van der Waals surface area contributed by atoms with Gasteiger partial charge in [0.05, 0.1) is 0 Å². The van der Waals surface area contributed by atoms with E-state index in [1.807, 2.05) is 34.9 Å². The van der Waals surface area contributed by atoms with Gasteiger partial charge in [0.25, 0.3) is 0 Å². The van der Waals surface area contributed by atoms with E-state index in [1.165, 1.54) is 5.56 Å². The van der Waals surface area contributed by atoms with Crippen LogP contribution in [0.3, 0.4) is 0 Å². The van der Waals surface area contributed by atoms with Gasteiger partial charge in [-0.05, 0) is 31.2 Å². The maximum Gasteiger partial charge on any atom is 0.320 e. The van der Waals surface area contributed by atoms with E-state index in [2.05, 4.69) is 19.1 Å². The van der Waals surface area contributed by atoms with Gasteiger partial charge in [-0.2, -0.15) is 0 Å². The lowest BCUT2D eigenvalue weighted by Gasteiger charge is -2.34. The second kappa shape index (κ2) is 6.60. The van der Waals surface area contributed by atoms with Crippen molar-refractivity contribution in [2.75, 3.05) is 19.6 Å². The van der Waals surface area contributed by atoms with Crippen LogP contribution in [0.2, 0.25) is 0 Å². The van der Waals surface area contributed by atoms with Crippen LogP contribution in [0.4, 0.5) is 4.79 Å². The fourth-order valence-electron chi connectivity index (χ4n) is 2.52. The van der Waals surface area contributed by atoms with Crippen molar-refractivity contribution in [1.82, 2.24) is 9.80 Å². The van der Waals surface area contributed by atoms with Crippen molar-refractivity contribution < 1.29 is 4.79 Å². The highest BCUT2D eigenvalue weighted by Crippen LogP contribution is 2.18. The van der Waals surface area contributed by atoms with Crippen LogP contribution in [-0.4, -0.2) is 35.5 Å². The largest absolute Gasteiger partial charge is 0.325 e. The number of hydrogen-bond donors (Lipinski definition) is 0. The number of hydrogen-bond acceptors (Lipinski definition) is 1. The van der Waals surface area contributed by atoms with Gasteiger partial charge >= 0.3 is 6.03 Å². The van der Waals surface area contributed by atoms with Gasteiger partial charge in [-0.3, -0.25) is 0 Å². The summed E-state index contributed by atoms with van der Waals surface area (Å²) >= 11 is 0.